The molecule has 3 aromatic rings. The van der Waals surface area contributed by atoms with Crippen LogP contribution in [0.1, 0.15) is 12.5 Å². The number of para-hydroxylation sites is 1. The molecule has 0 fully saturated rings. The number of carbonyl (C=O) groups excluding carboxylic acids is 2. The lowest BCUT2D eigenvalue weighted by molar-refractivity contribution is -0.125. The number of methoxy groups -OCH3 is 1. The highest BCUT2D eigenvalue weighted by Crippen LogP contribution is 2.38. The van der Waals surface area contributed by atoms with Gasteiger partial charge in [0.15, 0.2) is 0 Å². The zero-order valence-corrected chi connectivity index (χ0v) is 16.8. The fourth-order valence-corrected chi connectivity index (χ4v) is 3.82. The van der Waals surface area contributed by atoms with Crippen molar-refractivity contribution >= 4 is 35.1 Å². The molecule has 0 aliphatic carbocycles. The molecule has 1 atom stereocenters. The fourth-order valence-electron chi connectivity index (χ4n) is 3.36. The van der Waals surface area contributed by atoms with Gasteiger partial charge in [0.1, 0.15) is 17.6 Å². The van der Waals surface area contributed by atoms with Gasteiger partial charge in [-0.15, -0.1) is 11.8 Å². The van der Waals surface area contributed by atoms with Crippen molar-refractivity contribution in [1.82, 2.24) is 9.78 Å². The maximum Gasteiger partial charge on any atom is 0.249 e. The van der Waals surface area contributed by atoms with Gasteiger partial charge < -0.3 is 15.4 Å². The molecule has 2 aromatic carbocycles. The SMILES string of the molecule is COc1ccccc1-c1cnn2c1NC(=O)CC2C(=O)Nc1cccc(SC)c1. The molecule has 1 aliphatic rings. The Bertz CT molecular complexity index is 1080. The highest BCUT2D eigenvalue weighted by atomic mass is 32.2. The second-order valence-corrected chi connectivity index (χ2v) is 7.42. The Morgan fingerprint density at radius 2 is 2.07 bits per heavy atom. The first-order valence-electron chi connectivity index (χ1n) is 9.06. The van der Waals surface area contributed by atoms with E-state index in [4.69, 9.17) is 4.74 Å². The molecule has 0 saturated heterocycles. The zero-order chi connectivity index (χ0) is 20.4. The van der Waals surface area contributed by atoms with E-state index >= 15 is 0 Å². The second-order valence-electron chi connectivity index (χ2n) is 6.54. The van der Waals surface area contributed by atoms with Crippen molar-refractivity contribution in [2.45, 2.75) is 17.4 Å². The largest absolute Gasteiger partial charge is 0.496 e. The zero-order valence-electron chi connectivity index (χ0n) is 16.0. The lowest BCUT2D eigenvalue weighted by Crippen LogP contribution is -2.35. The molecule has 0 radical (unpaired) electrons. The van der Waals surface area contributed by atoms with Crippen molar-refractivity contribution in [1.29, 1.82) is 0 Å². The van der Waals surface area contributed by atoms with E-state index in [1.807, 2.05) is 54.8 Å². The molecule has 1 aliphatic heterocycles. The third-order valence-corrected chi connectivity index (χ3v) is 5.49. The van der Waals surface area contributed by atoms with E-state index in [-0.39, 0.29) is 18.2 Å². The van der Waals surface area contributed by atoms with Crippen molar-refractivity contribution in [2.24, 2.45) is 0 Å². The number of amides is 2. The Morgan fingerprint density at radius 3 is 2.86 bits per heavy atom. The molecule has 2 N–H and O–H groups in total. The number of ether oxygens (including phenoxy) is 1. The molecule has 29 heavy (non-hydrogen) atoms. The topological polar surface area (TPSA) is 85.2 Å². The van der Waals surface area contributed by atoms with Crippen LogP contribution in [0, 0.1) is 0 Å². The molecule has 148 valence electrons. The predicted octanol–water partition coefficient (Wildman–Crippen LogP) is 3.80. The number of aromatic nitrogens is 2. The van der Waals surface area contributed by atoms with Gasteiger partial charge in [-0.05, 0) is 30.5 Å². The standard InChI is InChI=1S/C21H20N4O3S/c1-28-18-9-4-3-8-15(18)16-12-22-25-17(11-19(26)24-20(16)25)21(27)23-13-6-5-7-14(10-13)29-2/h3-10,12,17H,11H2,1-2H3,(H,23,27)(H,24,26). The van der Waals surface area contributed by atoms with Gasteiger partial charge in [-0.2, -0.15) is 5.10 Å². The number of carbonyl (C=O) groups is 2. The summed E-state index contributed by atoms with van der Waals surface area (Å²) in [4.78, 5) is 26.4. The third kappa shape index (κ3) is 3.71. The molecule has 0 bridgehead atoms. The first-order chi connectivity index (χ1) is 14.1. The Kier molecular flexibility index (Phi) is 5.26. The van der Waals surface area contributed by atoms with Gasteiger partial charge in [0.2, 0.25) is 11.8 Å². The van der Waals surface area contributed by atoms with Crippen LogP contribution in [0.5, 0.6) is 5.75 Å². The molecule has 8 heteroatoms. The molecule has 1 aromatic heterocycles. The molecule has 2 heterocycles. The third-order valence-electron chi connectivity index (χ3n) is 4.76. The van der Waals surface area contributed by atoms with Gasteiger partial charge in [0.05, 0.1) is 19.7 Å². The van der Waals surface area contributed by atoms with E-state index < -0.39 is 6.04 Å². The maximum atomic E-state index is 13.0. The average molecular weight is 408 g/mol. The highest BCUT2D eigenvalue weighted by molar-refractivity contribution is 7.98. The van der Waals surface area contributed by atoms with E-state index in [2.05, 4.69) is 15.7 Å². The van der Waals surface area contributed by atoms with Crippen LogP contribution in [0.15, 0.2) is 59.6 Å². The number of fused-ring (bicyclic) bond motifs is 1. The molecule has 4 rings (SSSR count). The Morgan fingerprint density at radius 1 is 1.24 bits per heavy atom. The van der Waals surface area contributed by atoms with Crippen molar-refractivity contribution < 1.29 is 14.3 Å². The smallest absolute Gasteiger partial charge is 0.249 e. The number of rotatable bonds is 5. The van der Waals surface area contributed by atoms with Gasteiger partial charge in [-0.1, -0.05) is 24.3 Å². The van der Waals surface area contributed by atoms with Crippen LogP contribution in [-0.4, -0.2) is 35.0 Å². The number of thioether (sulfide) groups is 1. The monoisotopic (exact) mass is 408 g/mol. The molecule has 1 unspecified atom stereocenters. The van der Waals surface area contributed by atoms with Gasteiger partial charge in [-0.25, -0.2) is 4.68 Å². The second kappa shape index (κ2) is 8.00. The van der Waals surface area contributed by atoms with Crippen molar-refractivity contribution in [3.63, 3.8) is 0 Å². The van der Waals surface area contributed by atoms with Crippen LogP contribution >= 0.6 is 11.8 Å². The average Bonchev–Trinajstić information content (AvgIpc) is 3.16. The minimum Gasteiger partial charge on any atom is -0.496 e. The van der Waals surface area contributed by atoms with E-state index in [1.54, 1.807) is 29.8 Å². The first kappa shape index (κ1) is 19.1. The van der Waals surface area contributed by atoms with Crippen molar-refractivity contribution in [3.05, 3.63) is 54.7 Å². The summed E-state index contributed by atoms with van der Waals surface area (Å²) in [6.45, 7) is 0. The summed E-state index contributed by atoms with van der Waals surface area (Å²) in [6.07, 6.45) is 3.64. The van der Waals surface area contributed by atoms with E-state index in [0.29, 0.717) is 22.8 Å². The molecule has 2 amide bonds. The maximum absolute atomic E-state index is 13.0. The summed E-state index contributed by atoms with van der Waals surface area (Å²) in [6, 6.07) is 14.3. The molecule has 0 spiro atoms. The first-order valence-corrected chi connectivity index (χ1v) is 10.3. The van der Waals surface area contributed by atoms with Gasteiger partial charge >= 0.3 is 0 Å². The minimum absolute atomic E-state index is 0.0219. The van der Waals surface area contributed by atoms with Gasteiger partial charge in [0.25, 0.3) is 0 Å². The lowest BCUT2D eigenvalue weighted by atomic mass is 10.1. The van der Waals surface area contributed by atoms with Gasteiger partial charge in [0, 0.05) is 21.7 Å². The Labute approximate surface area is 172 Å². The lowest BCUT2D eigenvalue weighted by Gasteiger charge is -2.25. The van der Waals surface area contributed by atoms with Crippen LogP contribution in [0.3, 0.4) is 0 Å². The van der Waals surface area contributed by atoms with E-state index in [9.17, 15) is 9.59 Å². The molecule has 0 saturated carbocycles. The van der Waals surface area contributed by atoms with Crippen molar-refractivity contribution in [3.8, 4) is 16.9 Å². The van der Waals surface area contributed by atoms with Crippen LogP contribution in [0.25, 0.3) is 11.1 Å². The van der Waals surface area contributed by atoms with Crippen molar-refractivity contribution in [2.75, 3.05) is 24.0 Å². The van der Waals surface area contributed by atoms with Crippen LogP contribution in [-0.2, 0) is 9.59 Å². The number of benzene rings is 2. The normalized spacial score (nSPS) is 15.4. The number of nitrogens with zero attached hydrogens (tertiary/aromatic N) is 2. The summed E-state index contributed by atoms with van der Waals surface area (Å²) in [5, 5.41) is 10.2. The van der Waals surface area contributed by atoms with Gasteiger partial charge in [-0.3, -0.25) is 9.59 Å². The Balaban J connectivity index is 1.67. The summed E-state index contributed by atoms with van der Waals surface area (Å²) in [5.74, 6) is 0.642. The molecular weight excluding hydrogens is 388 g/mol. The summed E-state index contributed by atoms with van der Waals surface area (Å²) < 4.78 is 7.00. The van der Waals surface area contributed by atoms with Crippen LogP contribution in [0.2, 0.25) is 0 Å². The number of nitrogens with one attached hydrogen (secondary N) is 2. The quantitative estimate of drug-likeness (QED) is 0.627. The predicted molar refractivity (Wildman–Crippen MR) is 113 cm³/mol. The van der Waals surface area contributed by atoms with E-state index in [0.717, 1.165) is 10.5 Å². The van der Waals surface area contributed by atoms with Crippen LogP contribution < -0.4 is 15.4 Å². The fraction of sp³-hybridized carbons (Fsp3) is 0.190. The molecule has 7 nitrogen and oxygen atoms in total. The summed E-state index contributed by atoms with van der Waals surface area (Å²) in [7, 11) is 1.59. The summed E-state index contributed by atoms with van der Waals surface area (Å²) in [5.41, 5.74) is 2.19. The number of anilines is 2. The number of hydrogen-bond donors (Lipinski definition) is 2. The summed E-state index contributed by atoms with van der Waals surface area (Å²) >= 11 is 1.59. The number of hydrogen-bond acceptors (Lipinski definition) is 5. The van der Waals surface area contributed by atoms with E-state index in [1.165, 1.54) is 0 Å². The minimum atomic E-state index is -0.736. The highest BCUT2D eigenvalue weighted by Gasteiger charge is 2.33. The molecular formula is C21H20N4O3S. The Hall–Kier alpha value is -3.26. The van der Waals surface area contributed by atoms with Crippen LogP contribution in [0.4, 0.5) is 11.5 Å².